The van der Waals surface area contributed by atoms with Crippen molar-refractivity contribution in [1.29, 1.82) is 0 Å². The zero-order valence-corrected chi connectivity index (χ0v) is 16.4. The van der Waals surface area contributed by atoms with E-state index in [1.54, 1.807) is 24.3 Å². The van der Waals surface area contributed by atoms with Gasteiger partial charge in [-0.15, -0.1) is 0 Å². The standard InChI is InChI=1S/C21H18FN3O6/c1-30-19(27)11-25-20(28)16(24-21(25)29)10-13-4-2-3-5-17(13)31-12-18(26)23-15-8-6-14(22)7-9-15/h2-10H,11-12H2,1H3,(H,23,26)(H,24,29)/b16-10+. The third-order valence-corrected chi connectivity index (χ3v) is 4.18. The molecule has 0 saturated carbocycles. The van der Waals surface area contributed by atoms with Crippen LogP contribution < -0.4 is 15.4 Å². The normalized spacial score (nSPS) is 14.4. The Kier molecular flexibility index (Phi) is 6.61. The number of anilines is 1. The molecule has 2 aromatic carbocycles. The summed E-state index contributed by atoms with van der Waals surface area (Å²) in [6, 6.07) is 11.1. The number of nitrogens with zero attached hydrogens (tertiary/aromatic N) is 1. The second kappa shape index (κ2) is 9.53. The minimum Gasteiger partial charge on any atom is -0.483 e. The third kappa shape index (κ3) is 5.44. The summed E-state index contributed by atoms with van der Waals surface area (Å²) in [6.07, 6.45) is 1.38. The minimum absolute atomic E-state index is 0.0549. The van der Waals surface area contributed by atoms with Crippen molar-refractivity contribution in [1.82, 2.24) is 10.2 Å². The lowest BCUT2D eigenvalue weighted by molar-refractivity contribution is -0.143. The molecule has 4 amide bonds. The van der Waals surface area contributed by atoms with Gasteiger partial charge in [-0.05, 0) is 36.4 Å². The van der Waals surface area contributed by atoms with E-state index in [1.807, 2.05) is 0 Å². The molecule has 9 nitrogen and oxygen atoms in total. The summed E-state index contributed by atoms with van der Waals surface area (Å²) in [6.45, 7) is -0.855. The van der Waals surface area contributed by atoms with Crippen molar-refractivity contribution in [2.75, 3.05) is 25.6 Å². The average molecular weight is 427 g/mol. The molecule has 0 unspecified atom stereocenters. The largest absolute Gasteiger partial charge is 0.483 e. The van der Waals surface area contributed by atoms with Gasteiger partial charge in [-0.2, -0.15) is 0 Å². The van der Waals surface area contributed by atoms with Crippen LogP contribution in [0.15, 0.2) is 54.2 Å². The van der Waals surface area contributed by atoms with Crippen LogP contribution in [0.3, 0.4) is 0 Å². The van der Waals surface area contributed by atoms with Crippen LogP contribution in [0, 0.1) is 5.82 Å². The van der Waals surface area contributed by atoms with E-state index in [-0.39, 0.29) is 18.1 Å². The number of methoxy groups -OCH3 is 1. The summed E-state index contributed by atoms with van der Waals surface area (Å²) in [7, 11) is 1.15. The van der Waals surface area contributed by atoms with Crippen LogP contribution in [0.5, 0.6) is 5.75 Å². The number of benzene rings is 2. The number of carbonyl (C=O) groups excluding carboxylic acids is 4. The van der Waals surface area contributed by atoms with Gasteiger partial charge in [0.05, 0.1) is 7.11 Å². The number of halogens is 1. The number of hydrogen-bond acceptors (Lipinski definition) is 6. The highest BCUT2D eigenvalue weighted by molar-refractivity contribution is 6.15. The number of amides is 4. The quantitative estimate of drug-likeness (QED) is 0.396. The molecule has 1 aliphatic heterocycles. The first-order valence-electron chi connectivity index (χ1n) is 9.06. The van der Waals surface area contributed by atoms with E-state index in [0.717, 1.165) is 12.0 Å². The van der Waals surface area contributed by atoms with Gasteiger partial charge in [-0.3, -0.25) is 14.4 Å². The fraction of sp³-hybridized carbons (Fsp3) is 0.143. The van der Waals surface area contributed by atoms with Crippen molar-refractivity contribution in [3.63, 3.8) is 0 Å². The zero-order chi connectivity index (χ0) is 22.4. The number of rotatable bonds is 7. The van der Waals surface area contributed by atoms with Crippen molar-refractivity contribution in [2.45, 2.75) is 0 Å². The zero-order valence-electron chi connectivity index (χ0n) is 16.4. The second-order valence-corrected chi connectivity index (χ2v) is 6.34. The van der Waals surface area contributed by atoms with Crippen LogP contribution >= 0.6 is 0 Å². The molecule has 0 aromatic heterocycles. The predicted octanol–water partition coefficient (Wildman–Crippen LogP) is 1.91. The van der Waals surface area contributed by atoms with Gasteiger partial charge in [0.15, 0.2) is 6.61 Å². The van der Waals surface area contributed by atoms with Crippen molar-refractivity contribution in [2.24, 2.45) is 0 Å². The number of nitrogens with one attached hydrogen (secondary N) is 2. The molecule has 0 spiro atoms. The van der Waals surface area contributed by atoms with E-state index in [9.17, 15) is 23.6 Å². The van der Waals surface area contributed by atoms with Crippen LogP contribution in [-0.2, 0) is 19.1 Å². The third-order valence-electron chi connectivity index (χ3n) is 4.18. The highest BCUT2D eigenvalue weighted by atomic mass is 19.1. The number of ether oxygens (including phenoxy) is 2. The highest BCUT2D eigenvalue weighted by Crippen LogP contribution is 2.23. The van der Waals surface area contributed by atoms with Crippen LogP contribution in [0.1, 0.15) is 5.56 Å². The Bertz CT molecular complexity index is 1050. The average Bonchev–Trinajstić information content (AvgIpc) is 3.02. The maximum atomic E-state index is 12.9. The Hall–Kier alpha value is -4.21. The van der Waals surface area contributed by atoms with Gasteiger partial charge in [0.25, 0.3) is 11.8 Å². The molecule has 3 rings (SSSR count). The first-order valence-corrected chi connectivity index (χ1v) is 9.06. The number of esters is 1. The van der Waals surface area contributed by atoms with E-state index >= 15 is 0 Å². The molecule has 0 atom stereocenters. The van der Waals surface area contributed by atoms with Crippen LogP contribution in [0.25, 0.3) is 6.08 Å². The monoisotopic (exact) mass is 427 g/mol. The minimum atomic E-state index is -0.751. The van der Waals surface area contributed by atoms with Gasteiger partial charge in [0.2, 0.25) is 0 Å². The summed E-state index contributed by atoms with van der Waals surface area (Å²) in [5.41, 5.74) is 0.789. The molecular weight excluding hydrogens is 409 g/mol. The van der Waals surface area contributed by atoms with Crippen LogP contribution in [0.4, 0.5) is 14.9 Å². The van der Waals surface area contributed by atoms with Gasteiger partial charge < -0.3 is 20.1 Å². The van der Waals surface area contributed by atoms with Crippen molar-refractivity contribution in [3.8, 4) is 5.75 Å². The van der Waals surface area contributed by atoms with E-state index in [1.165, 1.54) is 30.3 Å². The molecule has 0 aliphatic carbocycles. The second-order valence-electron chi connectivity index (χ2n) is 6.34. The van der Waals surface area contributed by atoms with E-state index in [2.05, 4.69) is 15.4 Å². The van der Waals surface area contributed by atoms with Gasteiger partial charge in [-0.25, -0.2) is 14.1 Å². The van der Waals surface area contributed by atoms with Crippen molar-refractivity contribution >= 4 is 35.6 Å². The lowest BCUT2D eigenvalue weighted by atomic mass is 10.1. The lowest BCUT2D eigenvalue weighted by Gasteiger charge is -2.10. The van der Waals surface area contributed by atoms with E-state index in [0.29, 0.717) is 11.3 Å². The lowest BCUT2D eigenvalue weighted by Crippen LogP contribution is -2.36. The van der Waals surface area contributed by atoms with Crippen molar-refractivity contribution < 1.29 is 33.0 Å². The summed E-state index contributed by atoms with van der Waals surface area (Å²) in [4.78, 5) is 48.6. The molecule has 31 heavy (non-hydrogen) atoms. The molecule has 1 saturated heterocycles. The Labute approximate surface area is 176 Å². The summed E-state index contributed by atoms with van der Waals surface area (Å²) in [5, 5.41) is 4.95. The molecule has 0 bridgehead atoms. The molecule has 1 fully saturated rings. The highest BCUT2D eigenvalue weighted by Gasteiger charge is 2.35. The van der Waals surface area contributed by atoms with Gasteiger partial charge >= 0.3 is 12.0 Å². The Morgan fingerprint density at radius 1 is 1.13 bits per heavy atom. The molecule has 10 heteroatoms. The van der Waals surface area contributed by atoms with Crippen LogP contribution in [-0.4, -0.2) is 49.0 Å². The Balaban J connectivity index is 1.68. The molecule has 160 valence electrons. The smallest absolute Gasteiger partial charge is 0.329 e. The Morgan fingerprint density at radius 2 is 1.84 bits per heavy atom. The van der Waals surface area contributed by atoms with Crippen LogP contribution in [0.2, 0.25) is 0 Å². The maximum absolute atomic E-state index is 12.9. The van der Waals surface area contributed by atoms with E-state index in [4.69, 9.17) is 4.74 Å². The number of carbonyl (C=O) groups is 4. The molecule has 1 heterocycles. The molecule has 2 aromatic rings. The number of hydrogen-bond donors (Lipinski definition) is 2. The van der Waals surface area contributed by atoms with Gasteiger partial charge in [-0.1, -0.05) is 18.2 Å². The summed E-state index contributed by atoms with van der Waals surface area (Å²) >= 11 is 0. The molecule has 2 N–H and O–H groups in total. The van der Waals surface area contributed by atoms with Gasteiger partial charge in [0, 0.05) is 11.3 Å². The first kappa shape index (κ1) is 21.5. The van der Waals surface area contributed by atoms with Gasteiger partial charge in [0.1, 0.15) is 23.8 Å². The number of urea groups is 1. The molecule has 0 radical (unpaired) electrons. The molecular formula is C21H18FN3O6. The predicted molar refractivity (Wildman–Crippen MR) is 107 cm³/mol. The first-order chi connectivity index (χ1) is 14.9. The van der Waals surface area contributed by atoms with Crippen molar-refractivity contribution in [3.05, 3.63) is 65.6 Å². The topological polar surface area (TPSA) is 114 Å². The summed E-state index contributed by atoms with van der Waals surface area (Å²) < 4.78 is 23.0. The number of imide groups is 1. The maximum Gasteiger partial charge on any atom is 0.329 e. The fourth-order valence-corrected chi connectivity index (χ4v) is 2.67. The molecule has 1 aliphatic rings. The Morgan fingerprint density at radius 3 is 2.55 bits per heavy atom. The number of para-hydroxylation sites is 1. The SMILES string of the molecule is COC(=O)CN1C(=O)N/C(=C/c2ccccc2OCC(=O)Nc2ccc(F)cc2)C1=O. The van der Waals surface area contributed by atoms with E-state index < -0.39 is 36.2 Å². The fourth-order valence-electron chi connectivity index (χ4n) is 2.67. The summed E-state index contributed by atoms with van der Waals surface area (Å²) in [5.74, 6) is -2.03.